The molecule has 112 valence electrons. The maximum Gasteiger partial charge on any atom is 0.314 e. The summed E-state index contributed by atoms with van der Waals surface area (Å²) in [5.74, 6) is -0.233. The highest BCUT2D eigenvalue weighted by molar-refractivity contribution is 9.11. The minimum Gasteiger partial charge on any atom is -0.338 e. The van der Waals surface area contributed by atoms with Crippen molar-refractivity contribution in [3.05, 3.63) is 56.4 Å². The molecule has 0 spiro atoms. The number of benzene rings is 1. The first-order valence-electron chi connectivity index (χ1n) is 6.64. The van der Waals surface area contributed by atoms with Crippen LogP contribution in [0.1, 0.15) is 10.4 Å². The summed E-state index contributed by atoms with van der Waals surface area (Å²) < 4.78 is 14.5. The molecule has 0 aliphatic carbocycles. The van der Waals surface area contributed by atoms with Crippen molar-refractivity contribution >= 4 is 33.3 Å². The van der Waals surface area contributed by atoms with Crippen LogP contribution < -0.4 is 10.6 Å². The van der Waals surface area contributed by atoms with Gasteiger partial charge in [-0.25, -0.2) is 9.18 Å². The summed E-state index contributed by atoms with van der Waals surface area (Å²) in [5, 5.41) is 5.52. The van der Waals surface area contributed by atoms with Crippen LogP contribution in [0.3, 0.4) is 0 Å². The van der Waals surface area contributed by atoms with Gasteiger partial charge in [0.1, 0.15) is 5.82 Å². The number of amides is 2. The highest BCUT2D eigenvalue weighted by atomic mass is 79.9. The number of urea groups is 1. The molecular formula is C15H16BrFN2OS. The number of hydrogen-bond donors (Lipinski definition) is 2. The molecule has 2 rings (SSSR count). The Morgan fingerprint density at radius 3 is 2.48 bits per heavy atom. The number of hydrogen-bond acceptors (Lipinski definition) is 2. The topological polar surface area (TPSA) is 41.1 Å². The van der Waals surface area contributed by atoms with Gasteiger partial charge < -0.3 is 10.6 Å². The minimum absolute atomic E-state index is 0.220. The van der Waals surface area contributed by atoms with Crippen LogP contribution in [0.2, 0.25) is 0 Å². The van der Waals surface area contributed by atoms with Crippen molar-refractivity contribution in [2.45, 2.75) is 12.8 Å². The molecule has 1 aromatic carbocycles. The molecule has 0 saturated heterocycles. The second kappa shape index (κ2) is 8.14. The molecule has 0 saturated carbocycles. The van der Waals surface area contributed by atoms with Gasteiger partial charge in [0.2, 0.25) is 0 Å². The number of thiophene rings is 1. The van der Waals surface area contributed by atoms with Crippen molar-refractivity contribution in [2.24, 2.45) is 0 Å². The molecule has 0 aliphatic rings. The average molecular weight is 371 g/mol. The first-order valence-corrected chi connectivity index (χ1v) is 8.25. The third-order valence-electron chi connectivity index (χ3n) is 2.92. The molecule has 2 aromatic rings. The normalized spacial score (nSPS) is 10.4. The summed E-state index contributed by atoms with van der Waals surface area (Å²) >= 11 is 5.06. The number of carbonyl (C=O) groups is 1. The molecule has 0 fully saturated rings. The van der Waals surface area contributed by atoms with Crippen molar-refractivity contribution in [3.8, 4) is 0 Å². The minimum atomic E-state index is -0.233. The van der Waals surface area contributed by atoms with Crippen LogP contribution in [0.5, 0.6) is 0 Å². The summed E-state index contributed by atoms with van der Waals surface area (Å²) in [4.78, 5) is 12.8. The molecule has 0 aliphatic heterocycles. The van der Waals surface area contributed by atoms with Crippen LogP contribution in [-0.4, -0.2) is 19.1 Å². The van der Waals surface area contributed by atoms with Crippen LogP contribution >= 0.6 is 27.3 Å². The third-order valence-corrected chi connectivity index (χ3v) is 4.61. The Labute approximate surface area is 135 Å². The molecule has 1 aromatic heterocycles. The lowest BCUT2D eigenvalue weighted by Gasteiger charge is -2.07. The highest BCUT2D eigenvalue weighted by Crippen LogP contribution is 2.21. The summed E-state index contributed by atoms with van der Waals surface area (Å²) in [6.07, 6.45) is 1.29. The number of nitrogens with one attached hydrogen (secondary N) is 2. The molecule has 1 heterocycles. The van der Waals surface area contributed by atoms with E-state index >= 15 is 0 Å². The van der Waals surface area contributed by atoms with Crippen molar-refractivity contribution in [2.75, 3.05) is 13.1 Å². The molecule has 2 amide bonds. The maximum absolute atomic E-state index is 13.4. The second-order valence-corrected chi connectivity index (χ2v) is 7.03. The lowest BCUT2D eigenvalue weighted by atomic mass is 10.1. The lowest BCUT2D eigenvalue weighted by molar-refractivity contribution is 0.241. The number of carbonyl (C=O) groups excluding carboxylic acids is 1. The Hall–Kier alpha value is -1.40. The van der Waals surface area contributed by atoms with E-state index in [0.717, 1.165) is 10.2 Å². The fourth-order valence-electron chi connectivity index (χ4n) is 1.86. The van der Waals surface area contributed by atoms with E-state index in [1.54, 1.807) is 29.5 Å². The first kappa shape index (κ1) is 16.0. The predicted molar refractivity (Wildman–Crippen MR) is 87.2 cm³/mol. The SMILES string of the molecule is O=C(NCCc1ccc(Br)s1)NCCc1ccccc1F. The first-order chi connectivity index (χ1) is 10.1. The molecular weight excluding hydrogens is 355 g/mol. The number of rotatable bonds is 6. The predicted octanol–water partition coefficient (Wildman–Crippen LogP) is 3.73. The summed E-state index contributed by atoms with van der Waals surface area (Å²) in [6.45, 7) is 0.996. The third kappa shape index (κ3) is 5.47. The zero-order chi connectivity index (χ0) is 15.1. The van der Waals surface area contributed by atoms with E-state index in [0.29, 0.717) is 25.1 Å². The summed E-state index contributed by atoms with van der Waals surface area (Å²) in [7, 11) is 0. The second-order valence-electron chi connectivity index (χ2n) is 4.48. The molecule has 2 N–H and O–H groups in total. The quantitative estimate of drug-likeness (QED) is 0.798. The smallest absolute Gasteiger partial charge is 0.314 e. The van der Waals surface area contributed by atoms with E-state index in [1.165, 1.54) is 10.9 Å². The van der Waals surface area contributed by atoms with Crippen LogP contribution in [-0.2, 0) is 12.8 Å². The van der Waals surface area contributed by atoms with E-state index in [1.807, 2.05) is 12.1 Å². The molecule has 3 nitrogen and oxygen atoms in total. The van der Waals surface area contributed by atoms with Gasteiger partial charge in [-0.15, -0.1) is 11.3 Å². The fraction of sp³-hybridized carbons (Fsp3) is 0.267. The average Bonchev–Trinajstić information content (AvgIpc) is 2.87. The van der Waals surface area contributed by atoms with Crippen LogP contribution in [0.25, 0.3) is 0 Å². The Morgan fingerprint density at radius 2 is 1.81 bits per heavy atom. The van der Waals surface area contributed by atoms with Gasteiger partial charge in [0.15, 0.2) is 0 Å². The van der Waals surface area contributed by atoms with E-state index in [2.05, 4.69) is 26.6 Å². The molecule has 0 radical (unpaired) electrons. The zero-order valence-electron chi connectivity index (χ0n) is 11.4. The van der Waals surface area contributed by atoms with Crippen molar-refractivity contribution in [1.29, 1.82) is 0 Å². The van der Waals surface area contributed by atoms with Crippen molar-refractivity contribution in [3.63, 3.8) is 0 Å². The molecule has 0 atom stereocenters. The van der Waals surface area contributed by atoms with Gasteiger partial charge in [0.05, 0.1) is 3.79 Å². The van der Waals surface area contributed by atoms with Crippen LogP contribution in [0, 0.1) is 5.82 Å². The van der Waals surface area contributed by atoms with Crippen molar-refractivity contribution in [1.82, 2.24) is 10.6 Å². The summed E-state index contributed by atoms with van der Waals surface area (Å²) in [6, 6.07) is 10.4. The standard InChI is InChI=1S/C15H16BrFN2OS/c16-14-6-5-12(21-14)8-10-19-15(20)18-9-7-11-3-1-2-4-13(11)17/h1-6H,7-10H2,(H2,18,19,20). The van der Waals surface area contributed by atoms with Crippen LogP contribution in [0.4, 0.5) is 9.18 Å². The van der Waals surface area contributed by atoms with Gasteiger partial charge in [-0.05, 0) is 52.5 Å². The van der Waals surface area contributed by atoms with Gasteiger partial charge in [0, 0.05) is 18.0 Å². The monoisotopic (exact) mass is 370 g/mol. The Morgan fingerprint density at radius 1 is 1.10 bits per heavy atom. The van der Waals surface area contributed by atoms with E-state index in [4.69, 9.17) is 0 Å². The van der Waals surface area contributed by atoms with Gasteiger partial charge >= 0.3 is 6.03 Å². The van der Waals surface area contributed by atoms with E-state index in [9.17, 15) is 9.18 Å². The number of halogens is 2. The maximum atomic E-state index is 13.4. The lowest BCUT2D eigenvalue weighted by Crippen LogP contribution is -2.37. The van der Waals surface area contributed by atoms with E-state index < -0.39 is 0 Å². The zero-order valence-corrected chi connectivity index (χ0v) is 13.8. The van der Waals surface area contributed by atoms with Gasteiger partial charge in [0.25, 0.3) is 0 Å². The van der Waals surface area contributed by atoms with Crippen molar-refractivity contribution < 1.29 is 9.18 Å². The molecule has 0 unspecified atom stereocenters. The van der Waals surface area contributed by atoms with Crippen LogP contribution in [0.15, 0.2) is 40.2 Å². The Kier molecular flexibility index (Phi) is 6.20. The van der Waals surface area contributed by atoms with Gasteiger partial charge in [-0.2, -0.15) is 0 Å². The molecule has 0 bridgehead atoms. The molecule has 21 heavy (non-hydrogen) atoms. The Bertz CT molecular complexity index is 603. The fourth-order valence-corrected chi connectivity index (χ4v) is 3.34. The summed E-state index contributed by atoms with van der Waals surface area (Å²) in [5.41, 5.74) is 0.612. The largest absolute Gasteiger partial charge is 0.338 e. The van der Waals surface area contributed by atoms with Gasteiger partial charge in [-0.3, -0.25) is 0 Å². The van der Waals surface area contributed by atoms with Gasteiger partial charge in [-0.1, -0.05) is 18.2 Å². The highest BCUT2D eigenvalue weighted by Gasteiger charge is 2.03. The van der Waals surface area contributed by atoms with E-state index in [-0.39, 0.29) is 11.8 Å². The Balaban J connectivity index is 1.63. The molecule has 6 heteroatoms.